The van der Waals surface area contributed by atoms with Crippen molar-refractivity contribution in [2.24, 2.45) is 0 Å². The first-order chi connectivity index (χ1) is 8.82. The Balaban J connectivity index is 5.25. The minimum absolute atomic E-state index is 0.738. The zero-order chi connectivity index (χ0) is 16.4. The number of rotatable bonds is 6. The number of carbonyl (C=O) groups is 3. The molecule has 0 aromatic rings. The molecule has 0 saturated carbocycles. The highest BCUT2D eigenvalue weighted by Crippen LogP contribution is 2.46. The summed E-state index contributed by atoms with van der Waals surface area (Å²) in [7, 11) is 0.738. The van der Waals surface area contributed by atoms with Gasteiger partial charge in [-0.1, -0.05) is 0 Å². The lowest BCUT2D eigenvalue weighted by Crippen LogP contribution is -2.61. The van der Waals surface area contributed by atoms with Gasteiger partial charge in [-0.15, -0.1) is 0 Å². The van der Waals surface area contributed by atoms with Crippen molar-refractivity contribution in [1.29, 1.82) is 0 Å². The van der Waals surface area contributed by atoms with Crippen molar-refractivity contribution in [3.05, 3.63) is 0 Å². The number of hydrogen-bond acceptors (Lipinski definition) is 5. The molecule has 0 heterocycles. The number of carboxylic acids is 1. The number of alkyl halides is 6. The van der Waals surface area contributed by atoms with Gasteiger partial charge in [0.1, 0.15) is 0 Å². The lowest BCUT2D eigenvalue weighted by atomic mass is 10.0. The summed E-state index contributed by atoms with van der Waals surface area (Å²) in [5.74, 6) is -27.2. The van der Waals surface area contributed by atoms with Gasteiger partial charge in [-0.25, -0.2) is 14.4 Å². The summed E-state index contributed by atoms with van der Waals surface area (Å²) in [6.45, 7) is -1.54. The maximum Gasteiger partial charge on any atom is 0.411 e. The Labute approximate surface area is 106 Å². The van der Waals surface area contributed by atoms with E-state index in [-0.39, 0.29) is 0 Å². The van der Waals surface area contributed by atoms with Crippen LogP contribution in [-0.4, -0.2) is 54.5 Å². The number of esters is 2. The predicted octanol–water partition coefficient (Wildman–Crippen LogP) is 0.693. The molecule has 0 bridgehead atoms. The number of halogens is 6. The summed E-state index contributed by atoms with van der Waals surface area (Å²) in [5, 5.41) is 7.79. The molecule has 20 heavy (non-hydrogen) atoms. The van der Waals surface area contributed by atoms with Gasteiger partial charge < -0.3 is 14.6 Å². The fourth-order valence-corrected chi connectivity index (χ4v) is 0.734. The number of ether oxygens (including phenoxy) is 2. The van der Waals surface area contributed by atoms with Gasteiger partial charge in [-0.05, 0) is 0 Å². The zero-order valence-corrected chi connectivity index (χ0v) is 9.46. The lowest BCUT2D eigenvalue weighted by Gasteiger charge is -2.28. The molecule has 0 unspecified atom stereocenters. The maximum absolute atomic E-state index is 12.9. The van der Waals surface area contributed by atoms with Crippen LogP contribution in [0.3, 0.4) is 0 Å². The number of carboxylic acid groups (broad SMARTS) is 1. The lowest BCUT2D eigenvalue weighted by molar-refractivity contribution is -0.299. The van der Waals surface area contributed by atoms with Gasteiger partial charge in [-0.2, -0.15) is 26.3 Å². The van der Waals surface area contributed by atoms with Gasteiger partial charge in [0, 0.05) is 0 Å². The highest BCUT2D eigenvalue weighted by molar-refractivity contribution is 5.85. The molecule has 0 amide bonds. The monoisotopic (exact) mass is 312 g/mol. The van der Waals surface area contributed by atoms with Gasteiger partial charge in [-0.3, -0.25) is 0 Å². The molecule has 0 spiro atoms. The van der Waals surface area contributed by atoms with E-state index in [1.165, 1.54) is 0 Å². The normalized spacial score (nSPS) is 12.8. The molecule has 0 aliphatic heterocycles. The number of methoxy groups -OCH3 is 1. The van der Waals surface area contributed by atoms with E-state index >= 15 is 0 Å². The van der Waals surface area contributed by atoms with E-state index in [0.29, 0.717) is 0 Å². The van der Waals surface area contributed by atoms with E-state index in [9.17, 15) is 40.7 Å². The first kappa shape index (κ1) is 18.0. The van der Waals surface area contributed by atoms with Crippen molar-refractivity contribution < 1.29 is 55.3 Å². The van der Waals surface area contributed by atoms with E-state index in [1.807, 2.05) is 0 Å². The first-order valence-corrected chi connectivity index (χ1v) is 4.43. The fraction of sp³-hybridized carbons (Fsp3) is 0.625. The van der Waals surface area contributed by atoms with Crippen molar-refractivity contribution >= 4 is 17.9 Å². The average molecular weight is 312 g/mol. The molecule has 0 atom stereocenters. The Morgan fingerprint density at radius 3 is 1.80 bits per heavy atom. The molecule has 6 nitrogen and oxygen atoms in total. The SMILES string of the molecule is COC(=O)COC(=O)C(F)(F)C(F)(F)C(F)(F)C(=O)O. The number of hydrogen-bond donors (Lipinski definition) is 1. The Morgan fingerprint density at radius 2 is 1.45 bits per heavy atom. The summed E-state index contributed by atoms with van der Waals surface area (Å²) in [6, 6.07) is 0. The van der Waals surface area contributed by atoms with E-state index in [2.05, 4.69) is 9.47 Å². The largest absolute Gasteiger partial charge is 0.477 e. The smallest absolute Gasteiger partial charge is 0.411 e. The van der Waals surface area contributed by atoms with Crippen LogP contribution in [0.25, 0.3) is 0 Å². The van der Waals surface area contributed by atoms with Crippen LogP contribution in [0.5, 0.6) is 0 Å². The standard InChI is InChI=1S/C8H6F6O6/c1-19-3(15)2-20-5(18)7(11,12)8(13,14)6(9,10)4(16)17/h2H2,1H3,(H,16,17). The minimum atomic E-state index is -6.57. The molecule has 0 fully saturated rings. The third kappa shape index (κ3) is 2.93. The van der Waals surface area contributed by atoms with Gasteiger partial charge in [0.25, 0.3) is 0 Å². The quantitative estimate of drug-likeness (QED) is 0.573. The van der Waals surface area contributed by atoms with Crippen LogP contribution < -0.4 is 0 Å². The van der Waals surface area contributed by atoms with Crippen LogP contribution in [-0.2, 0) is 23.9 Å². The summed E-state index contributed by atoms with van der Waals surface area (Å²) >= 11 is 0. The maximum atomic E-state index is 12.9. The third-order valence-electron chi connectivity index (χ3n) is 1.86. The van der Waals surface area contributed by atoms with Crippen LogP contribution in [0.1, 0.15) is 0 Å². The molecule has 0 saturated heterocycles. The molecule has 0 aromatic heterocycles. The minimum Gasteiger partial charge on any atom is -0.477 e. The van der Waals surface area contributed by atoms with Gasteiger partial charge in [0.2, 0.25) is 0 Å². The Bertz CT molecular complexity index is 420. The highest BCUT2D eigenvalue weighted by atomic mass is 19.3. The molecular formula is C8H6F6O6. The van der Waals surface area contributed by atoms with Crippen molar-refractivity contribution in [1.82, 2.24) is 0 Å². The second-order valence-corrected chi connectivity index (χ2v) is 3.18. The summed E-state index contributed by atoms with van der Waals surface area (Å²) < 4.78 is 83.5. The van der Waals surface area contributed by atoms with Crippen LogP contribution in [0.15, 0.2) is 0 Å². The molecule has 0 aliphatic rings. The molecular weight excluding hydrogens is 306 g/mol. The fourth-order valence-electron chi connectivity index (χ4n) is 0.734. The van der Waals surface area contributed by atoms with Crippen LogP contribution in [0.2, 0.25) is 0 Å². The van der Waals surface area contributed by atoms with Crippen molar-refractivity contribution in [3.63, 3.8) is 0 Å². The van der Waals surface area contributed by atoms with Crippen LogP contribution >= 0.6 is 0 Å². The highest BCUT2D eigenvalue weighted by Gasteiger charge is 2.79. The molecule has 1 N–H and O–H groups in total. The van der Waals surface area contributed by atoms with Gasteiger partial charge in [0.05, 0.1) is 7.11 Å². The molecule has 0 aromatic carbocycles. The molecule has 116 valence electrons. The first-order valence-electron chi connectivity index (χ1n) is 4.43. The van der Waals surface area contributed by atoms with Crippen LogP contribution in [0, 0.1) is 0 Å². The zero-order valence-electron chi connectivity index (χ0n) is 9.46. The summed E-state index contributed by atoms with van der Waals surface area (Å²) in [4.78, 5) is 30.9. The van der Waals surface area contributed by atoms with E-state index in [4.69, 9.17) is 5.11 Å². The Hall–Kier alpha value is -2.01. The number of carbonyl (C=O) groups excluding carboxylic acids is 2. The average Bonchev–Trinajstić information content (AvgIpc) is 2.34. The van der Waals surface area contributed by atoms with Crippen LogP contribution in [0.4, 0.5) is 26.3 Å². The predicted molar refractivity (Wildman–Crippen MR) is 45.5 cm³/mol. The summed E-state index contributed by atoms with van der Waals surface area (Å²) in [5.41, 5.74) is 0. The molecule has 0 radical (unpaired) electrons. The summed E-state index contributed by atoms with van der Waals surface area (Å²) in [6.07, 6.45) is 0. The third-order valence-corrected chi connectivity index (χ3v) is 1.86. The molecule has 12 heteroatoms. The van der Waals surface area contributed by atoms with Crippen molar-refractivity contribution in [3.8, 4) is 0 Å². The molecule has 0 rings (SSSR count). The van der Waals surface area contributed by atoms with Gasteiger partial charge in [0.15, 0.2) is 6.61 Å². The van der Waals surface area contributed by atoms with Crippen molar-refractivity contribution in [2.75, 3.05) is 13.7 Å². The number of aliphatic carboxylic acids is 1. The second-order valence-electron chi connectivity index (χ2n) is 3.18. The molecule has 0 aliphatic carbocycles. The Kier molecular flexibility index (Phi) is 4.99. The van der Waals surface area contributed by atoms with Crippen molar-refractivity contribution in [2.45, 2.75) is 17.8 Å². The van der Waals surface area contributed by atoms with E-state index in [0.717, 1.165) is 7.11 Å². The van der Waals surface area contributed by atoms with Gasteiger partial charge >= 0.3 is 35.7 Å². The second kappa shape index (κ2) is 5.54. The van der Waals surface area contributed by atoms with E-state index in [1.54, 1.807) is 0 Å². The van der Waals surface area contributed by atoms with E-state index < -0.39 is 42.3 Å². The topological polar surface area (TPSA) is 89.9 Å². The Morgan fingerprint density at radius 1 is 1.00 bits per heavy atom.